The van der Waals surface area contributed by atoms with E-state index in [4.69, 9.17) is 14.2 Å². The van der Waals surface area contributed by atoms with E-state index in [9.17, 15) is 25.2 Å². The molecule has 8 heteroatoms. The number of unbranched alkanes of at least 4 members (excludes halogenated alkanes) is 20. The minimum Gasteiger partial charge on any atom is -0.457 e. The molecule has 1 saturated carbocycles. The summed E-state index contributed by atoms with van der Waals surface area (Å²) in [4.78, 5) is 12.7. The summed E-state index contributed by atoms with van der Waals surface area (Å²) in [7, 11) is 0. The van der Waals surface area contributed by atoms with Crippen LogP contribution < -0.4 is 0 Å². The van der Waals surface area contributed by atoms with Gasteiger partial charge >= 0.3 is 5.97 Å². The third-order valence-corrected chi connectivity index (χ3v) is 9.84. The fourth-order valence-corrected chi connectivity index (χ4v) is 6.51. The quantitative estimate of drug-likeness (QED) is 0.0406. The maximum Gasteiger partial charge on any atom is 0.306 e. The SMILES string of the molecule is CCCCCCCCCCCCCCC(=O)O[C@@H](COCCC(C)CCCCCCCCCCCC)COC1[C@@H](O)[C@H](O)[C@@H](O)[C@@H]1O. The van der Waals surface area contributed by atoms with Crippen LogP contribution in [0, 0.1) is 5.92 Å². The number of hydrogen-bond donors (Lipinski definition) is 4. The van der Waals surface area contributed by atoms with Crippen LogP contribution in [0.15, 0.2) is 0 Å². The molecule has 4 N–H and O–H groups in total. The van der Waals surface area contributed by atoms with Crippen LogP contribution in [0.1, 0.15) is 181 Å². The van der Waals surface area contributed by atoms with Gasteiger partial charge in [0.2, 0.25) is 0 Å². The minimum atomic E-state index is -1.49. The molecule has 0 amide bonds. The van der Waals surface area contributed by atoms with Crippen LogP contribution >= 0.6 is 0 Å². The zero-order valence-electron chi connectivity index (χ0n) is 30.8. The first-order chi connectivity index (χ1) is 22.8. The van der Waals surface area contributed by atoms with Gasteiger partial charge in [0.25, 0.3) is 0 Å². The van der Waals surface area contributed by atoms with Crippen molar-refractivity contribution in [1.29, 1.82) is 0 Å². The van der Waals surface area contributed by atoms with Crippen molar-refractivity contribution in [3.05, 3.63) is 0 Å². The maximum atomic E-state index is 12.7. The molecule has 47 heavy (non-hydrogen) atoms. The lowest BCUT2D eigenvalue weighted by atomic mass is 9.99. The zero-order chi connectivity index (χ0) is 34.5. The van der Waals surface area contributed by atoms with Crippen molar-refractivity contribution >= 4 is 5.97 Å². The topological polar surface area (TPSA) is 126 Å². The van der Waals surface area contributed by atoms with Crippen molar-refractivity contribution in [2.75, 3.05) is 19.8 Å². The molecular weight excluding hydrogens is 596 g/mol. The lowest BCUT2D eigenvalue weighted by molar-refractivity contribution is -0.163. The lowest BCUT2D eigenvalue weighted by Crippen LogP contribution is -2.39. The van der Waals surface area contributed by atoms with Crippen molar-refractivity contribution in [2.24, 2.45) is 5.92 Å². The van der Waals surface area contributed by atoms with Crippen molar-refractivity contribution in [3.63, 3.8) is 0 Å². The van der Waals surface area contributed by atoms with Gasteiger partial charge in [-0.2, -0.15) is 0 Å². The average Bonchev–Trinajstić information content (AvgIpc) is 3.24. The molecular formula is C39H76O8. The van der Waals surface area contributed by atoms with Crippen molar-refractivity contribution in [1.82, 2.24) is 0 Å². The fourth-order valence-electron chi connectivity index (χ4n) is 6.51. The molecule has 1 rings (SSSR count). The number of carbonyl (C=O) groups is 1. The molecule has 1 aliphatic carbocycles. The molecule has 8 nitrogen and oxygen atoms in total. The third kappa shape index (κ3) is 22.5. The number of carbonyl (C=O) groups excluding carboxylic acids is 1. The van der Waals surface area contributed by atoms with Crippen LogP contribution in [-0.2, 0) is 19.0 Å². The van der Waals surface area contributed by atoms with E-state index in [0.717, 1.165) is 25.7 Å². The molecule has 1 fully saturated rings. The van der Waals surface area contributed by atoms with E-state index in [-0.39, 0.29) is 19.2 Å². The van der Waals surface area contributed by atoms with E-state index >= 15 is 0 Å². The standard InChI is InChI=1S/C39H76O8/c1-4-6-8-10-12-14-16-17-19-21-23-25-27-34(40)47-33(31-46-39-37(43)35(41)36(42)38(39)44)30-45-29-28-32(3)26-24-22-20-18-15-13-11-9-7-5-2/h32-33,35-39,41-44H,4-31H2,1-3H3/t32?,33-,35+,36+,37-,38-/m0/s1. The molecule has 0 aromatic rings. The predicted molar refractivity (Wildman–Crippen MR) is 190 cm³/mol. The highest BCUT2D eigenvalue weighted by molar-refractivity contribution is 5.69. The van der Waals surface area contributed by atoms with Gasteiger partial charge in [0.15, 0.2) is 0 Å². The predicted octanol–water partition coefficient (Wildman–Crippen LogP) is 8.19. The molecule has 0 heterocycles. The number of aliphatic hydroxyl groups is 4. The number of esters is 1. The third-order valence-electron chi connectivity index (χ3n) is 9.84. The molecule has 0 spiro atoms. The second-order valence-corrected chi connectivity index (χ2v) is 14.5. The Morgan fingerprint density at radius 3 is 1.45 bits per heavy atom. The summed E-state index contributed by atoms with van der Waals surface area (Å²) < 4.78 is 17.3. The number of hydrogen-bond acceptors (Lipinski definition) is 8. The number of ether oxygens (including phenoxy) is 3. The van der Waals surface area contributed by atoms with E-state index in [1.54, 1.807) is 0 Å². The summed E-state index contributed by atoms with van der Waals surface area (Å²) in [6.45, 7) is 7.37. The fraction of sp³-hybridized carbons (Fsp3) is 0.974. The lowest BCUT2D eigenvalue weighted by Gasteiger charge is -2.24. The second kappa shape index (κ2) is 30.1. The first-order valence-corrected chi connectivity index (χ1v) is 19.9. The van der Waals surface area contributed by atoms with Gasteiger partial charge in [-0.25, -0.2) is 0 Å². The van der Waals surface area contributed by atoms with Gasteiger partial charge in [0.05, 0.1) is 13.2 Å². The second-order valence-electron chi connectivity index (χ2n) is 14.5. The maximum absolute atomic E-state index is 12.7. The van der Waals surface area contributed by atoms with E-state index in [1.807, 2.05) is 0 Å². The summed E-state index contributed by atoms with van der Waals surface area (Å²) in [6.07, 6.45) is 22.8. The smallest absolute Gasteiger partial charge is 0.306 e. The Hall–Kier alpha value is -0.770. The van der Waals surface area contributed by atoms with Gasteiger partial charge in [-0.05, 0) is 18.8 Å². The van der Waals surface area contributed by atoms with Crippen molar-refractivity contribution in [2.45, 2.75) is 218 Å². The Bertz CT molecular complexity index is 692. The van der Waals surface area contributed by atoms with Gasteiger partial charge < -0.3 is 34.6 Å². The van der Waals surface area contributed by atoms with Crippen LogP contribution in [0.25, 0.3) is 0 Å². The summed E-state index contributed by atoms with van der Waals surface area (Å²) in [5.41, 5.74) is 0. The Labute approximate surface area is 288 Å². The first kappa shape index (κ1) is 44.3. The van der Waals surface area contributed by atoms with Crippen molar-refractivity contribution in [3.8, 4) is 0 Å². The Kier molecular flexibility index (Phi) is 28.3. The highest BCUT2D eigenvalue weighted by atomic mass is 16.6. The summed E-state index contributed by atoms with van der Waals surface area (Å²) in [6, 6.07) is 0. The van der Waals surface area contributed by atoms with Crippen LogP contribution in [0.3, 0.4) is 0 Å². The Balaban J connectivity index is 2.29. The molecule has 1 unspecified atom stereocenters. The van der Waals surface area contributed by atoms with Crippen LogP contribution in [0.4, 0.5) is 0 Å². The van der Waals surface area contributed by atoms with Gasteiger partial charge in [0, 0.05) is 13.0 Å². The monoisotopic (exact) mass is 673 g/mol. The van der Waals surface area contributed by atoms with Gasteiger partial charge in [-0.3, -0.25) is 4.79 Å². The van der Waals surface area contributed by atoms with Gasteiger partial charge in [0.1, 0.15) is 36.6 Å². The first-order valence-electron chi connectivity index (χ1n) is 19.9. The summed E-state index contributed by atoms with van der Waals surface area (Å²) >= 11 is 0. The highest BCUT2D eigenvalue weighted by Crippen LogP contribution is 2.25. The normalized spacial score (nSPS) is 21.3. The highest BCUT2D eigenvalue weighted by Gasteiger charge is 2.49. The summed E-state index contributed by atoms with van der Waals surface area (Å²) in [5.74, 6) is 0.245. The molecule has 0 radical (unpaired) electrons. The number of rotatable bonds is 33. The van der Waals surface area contributed by atoms with Gasteiger partial charge in [-0.15, -0.1) is 0 Å². The minimum absolute atomic E-state index is 0.101. The van der Waals surface area contributed by atoms with E-state index in [0.29, 0.717) is 18.9 Å². The van der Waals surface area contributed by atoms with Crippen LogP contribution in [0.5, 0.6) is 0 Å². The van der Waals surface area contributed by atoms with E-state index in [2.05, 4.69) is 20.8 Å². The van der Waals surface area contributed by atoms with E-state index in [1.165, 1.54) is 128 Å². The molecule has 1 aliphatic rings. The molecule has 280 valence electrons. The molecule has 0 aromatic carbocycles. The van der Waals surface area contributed by atoms with Crippen molar-refractivity contribution < 1.29 is 39.4 Å². The van der Waals surface area contributed by atoms with E-state index < -0.39 is 36.6 Å². The summed E-state index contributed by atoms with van der Waals surface area (Å²) in [5, 5.41) is 40.1. The Morgan fingerprint density at radius 2 is 0.979 bits per heavy atom. The zero-order valence-corrected chi connectivity index (χ0v) is 30.8. The largest absolute Gasteiger partial charge is 0.457 e. The molecule has 0 bridgehead atoms. The molecule has 0 saturated heterocycles. The number of aliphatic hydroxyl groups excluding tert-OH is 4. The van der Waals surface area contributed by atoms with Crippen LogP contribution in [-0.4, -0.2) is 82.8 Å². The van der Waals surface area contributed by atoms with Crippen LogP contribution in [0.2, 0.25) is 0 Å². The Morgan fingerprint density at radius 1 is 0.553 bits per heavy atom. The molecule has 0 aliphatic heterocycles. The molecule has 6 atom stereocenters. The molecule has 0 aromatic heterocycles. The average molecular weight is 673 g/mol. The van der Waals surface area contributed by atoms with Gasteiger partial charge in [-0.1, -0.05) is 162 Å².